The summed E-state index contributed by atoms with van der Waals surface area (Å²) in [7, 11) is 0. The first-order valence-corrected chi connectivity index (χ1v) is 9.01. The quantitative estimate of drug-likeness (QED) is 0.425. The molecule has 1 heterocycles. The second-order valence-electron chi connectivity index (χ2n) is 6.35. The second-order valence-corrected chi connectivity index (χ2v) is 6.78. The Morgan fingerprint density at radius 3 is 2.32 bits per heavy atom. The van der Waals surface area contributed by atoms with Crippen molar-refractivity contribution >= 4 is 28.5 Å². The van der Waals surface area contributed by atoms with E-state index in [4.69, 9.17) is 20.8 Å². The number of carbonyl (C=O) groups is 1. The topological polar surface area (TPSA) is 56.5 Å². The van der Waals surface area contributed by atoms with Crippen molar-refractivity contribution in [2.75, 3.05) is 0 Å². The van der Waals surface area contributed by atoms with Crippen LogP contribution in [0.1, 0.15) is 15.9 Å². The van der Waals surface area contributed by atoms with E-state index in [1.54, 1.807) is 72.8 Å². The van der Waals surface area contributed by atoms with Gasteiger partial charge in [-0.1, -0.05) is 41.4 Å². The van der Waals surface area contributed by atoms with Crippen molar-refractivity contribution in [3.05, 3.63) is 99.2 Å². The molecule has 0 bridgehead atoms. The van der Waals surface area contributed by atoms with Gasteiger partial charge in [-0.2, -0.15) is 0 Å². The Morgan fingerprint density at radius 2 is 1.61 bits per heavy atom. The van der Waals surface area contributed by atoms with Gasteiger partial charge >= 0.3 is 5.97 Å². The summed E-state index contributed by atoms with van der Waals surface area (Å²) in [5, 5.41) is 0.886. The average Bonchev–Trinajstić information content (AvgIpc) is 2.71. The van der Waals surface area contributed by atoms with E-state index in [1.807, 2.05) is 6.92 Å². The van der Waals surface area contributed by atoms with Crippen molar-refractivity contribution in [1.29, 1.82) is 0 Å². The molecule has 0 fully saturated rings. The first-order chi connectivity index (χ1) is 13.5. The number of rotatable bonds is 3. The fraction of sp³-hybridized carbons (Fsp3) is 0.0435. The summed E-state index contributed by atoms with van der Waals surface area (Å²) >= 11 is 5.96. The van der Waals surface area contributed by atoms with E-state index in [-0.39, 0.29) is 11.5 Å². The smallest absolute Gasteiger partial charge is 0.343 e. The maximum absolute atomic E-state index is 13.0. The predicted octanol–water partition coefficient (Wildman–Crippen LogP) is 5.64. The van der Waals surface area contributed by atoms with Gasteiger partial charge in [0.2, 0.25) is 11.2 Å². The molecule has 4 rings (SSSR count). The first kappa shape index (κ1) is 18.0. The van der Waals surface area contributed by atoms with Crippen LogP contribution in [-0.2, 0) is 0 Å². The fourth-order valence-corrected chi connectivity index (χ4v) is 2.98. The third-order valence-corrected chi connectivity index (χ3v) is 4.60. The Kier molecular flexibility index (Phi) is 4.72. The number of aryl methyl sites for hydroxylation is 1. The molecule has 3 aromatic carbocycles. The zero-order valence-corrected chi connectivity index (χ0v) is 15.7. The number of esters is 1. The molecule has 0 saturated carbocycles. The van der Waals surface area contributed by atoms with Crippen LogP contribution in [0.15, 0.2) is 82.0 Å². The molecule has 0 amide bonds. The number of carbonyl (C=O) groups excluding carboxylic acids is 1. The molecule has 1 aromatic heterocycles. The molecule has 0 aliphatic carbocycles. The highest BCUT2D eigenvalue weighted by Gasteiger charge is 2.21. The van der Waals surface area contributed by atoms with Gasteiger partial charge in [-0.25, -0.2) is 4.79 Å². The molecule has 4 nitrogen and oxygen atoms in total. The van der Waals surface area contributed by atoms with E-state index in [0.717, 1.165) is 5.56 Å². The number of hydrogen-bond donors (Lipinski definition) is 0. The third-order valence-electron chi connectivity index (χ3n) is 4.34. The van der Waals surface area contributed by atoms with Gasteiger partial charge in [0, 0.05) is 10.6 Å². The molecular weight excluding hydrogens is 376 g/mol. The normalized spacial score (nSPS) is 10.8. The Labute approximate surface area is 166 Å². The van der Waals surface area contributed by atoms with Crippen LogP contribution in [0, 0.1) is 6.92 Å². The predicted molar refractivity (Wildman–Crippen MR) is 109 cm³/mol. The van der Waals surface area contributed by atoms with Crippen LogP contribution >= 0.6 is 11.6 Å². The van der Waals surface area contributed by atoms with Gasteiger partial charge in [0.05, 0.1) is 10.9 Å². The summed E-state index contributed by atoms with van der Waals surface area (Å²) in [6, 6.07) is 20.5. The average molecular weight is 391 g/mol. The maximum atomic E-state index is 13.0. The lowest BCUT2D eigenvalue weighted by molar-refractivity contribution is 0.0731. The zero-order valence-electron chi connectivity index (χ0n) is 14.9. The van der Waals surface area contributed by atoms with Gasteiger partial charge in [0.1, 0.15) is 5.58 Å². The Balaban J connectivity index is 1.87. The third kappa shape index (κ3) is 3.42. The molecule has 4 aromatic rings. The van der Waals surface area contributed by atoms with Gasteiger partial charge in [0.15, 0.2) is 5.76 Å². The molecule has 0 saturated heterocycles. The van der Waals surface area contributed by atoms with Gasteiger partial charge < -0.3 is 9.15 Å². The molecule has 138 valence electrons. The Bertz CT molecular complexity index is 1220. The second kappa shape index (κ2) is 7.33. The zero-order chi connectivity index (χ0) is 19.7. The summed E-state index contributed by atoms with van der Waals surface area (Å²) in [6.07, 6.45) is 0. The fourth-order valence-electron chi connectivity index (χ4n) is 2.85. The van der Waals surface area contributed by atoms with Crippen molar-refractivity contribution in [2.24, 2.45) is 0 Å². The van der Waals surface area contributed by atoms with Crippen LogP contribution < -0.4 is 10.2 Å². The van der Waals surface area contributed by atoms with E-state index >= 15 is 0 Å². The van der Waals surface area contributed by atoms with Crippen LogP contribution in [0.4, 0.5) is 0 Å². The van der Waals surface area contributed by atoms with Gasteiger partial charge in [0.25, 0.3) is 0 Å². The molecular formula is C23H15ClO4. The summed E-state index contributed by atoms with van der Waals surface area (Å²) in [4.78, 5) is 25.7. The van der Waals surface area contributed by atoms with Crippen LogP contribution in [0.25, 0.3) is 22.3 Å². The maximum Gasteiger partial charge on any atom is 0.343 e. The standard InChI is InChI=1S/C23H15ClO4/c1-14-6-8-16(9-7-14)23(26)28-22-20(25)18-4-2-3-5-19(18)27-21(22)15-10-12-17(24)13-11-15/h2-13H,1H3. The minimum Gasteiger partial charge on any atom is -0.452 e. The van der Waals surface area contributed by atoms with E-state index < -0.39 is 11.4 Å². The summed E-state index contributed by atoms with van der Waals surface area (Å²) in [5.41, 5.74) is 1.95. The van der Waals surface area contributed by atoms with Crippen molar-refractivity contribution < 1.29 is 13.9 Å². The van der Waals surface area contributed by atoms with E-state index in [2.05, 4.69) is 0 Å². The van der Waals surface area contributed by atoms with E-state index in [0.29, 0.717) is 27.1 Å². The molecule has 5 heteroatoms. The van der Waals surface area contributed by atoms with Crippen molar-refractivity contribution in [1.82, 2.24) is 0 Å². The highest BCUT2D eigenvalue weighted by molar-refractivity contribution is 6.30. The molecule has 0 unspecified atom stereocenters. The number of fused-ring (bicyclic) bond motifs is 1. The summed E-state index contributed by atoms with van der Waals surface area (Å²) < 4.78 is 11.5. The lowest BCUT2D eigenvalue weighted by atomic mass is 10.1. The highest BCUT2D eigenvalue weighted by Crippen LogP contribution is 2.32. The summed E-state index contributed by atoms with van der Waals surface area (Å²) in [5.74, 6) is -0.592. The van der Waals surface area contributed by atoms with Gasteiger partial charge in [-0.05, 0) is 55.5 Å². The molecule has 0 atom stereocenters. The number of para-hydroxylation sites is 1. The Morgan fingerprint density at radius 1 is 0.929 bits per heavy atom. The number of halogens is 1. The van der Waals surface area contributed by atoms with Crippen molar-refractivity contribution in [3.63, 3.8) is 0 Å². The molecule has 0 N–H and O–H groups in total. The summed E-state index contributed by atoms with van der Waals surface area (Å²) in [6.45, 7) is 1.92. The lowest BCUT2D eigenvalue weighted by Crippen LogP contribution is -2.16. The van der Waals surface area contributed by atoms with Crippen LogP contribution in [0.3, 0.4) is 0 Å². The van der Waals surface area contributed by atoms with E-state index in [9.17, 15) is 9.59 Å². The van der Waals surface area contributed by atoms with Crippen LogP contribution in [0.2, 0.25) is 5.02 Å². The lowest BCUT2D eigenvalue weighted by Gasteiger charge is -2.11. The molecule has 0 spiro atoms. The van der Waals surface area contributed by atoms with Crippen LogP contribution in [-0.4, -0.2) is 5.97 Å². The molecule has 0 aliphatic heterocycles. The van der Waals surface area contributed by atoms with Crippen molar-refractivity contribution in [3.8, 4) is 17.1 Å². The minimum atomic E-state index is -0.627. The SMILES string of the molecule is Cc1ccc(C(=O)Oc2c(-c3ccc(Cl)cc3)oc3ccccc3c2=O)cc1. The molecule has 28 heavy (non-hydrogen) atoms. The van der Waals surface area contributed by atoms with Gasteiger partial charge in [-0.3, -0.25) is 4.79 Å². The molecule has 0 radical (unpaired) electrons. The minimum absolute atomic E-state index is 0.147. The Hall–Kier alpha value is -3.37. The monoisotopic (exact) mass is 390 g/mol. The van der Waals surface area contributed by atoms with Crippen LogP contribution in [0.5, 0.6) is 5.75 Å². The first-order valence-electron chi connectivity index (χ1n) is 8.63. The van der Waals surface area contributed by atoms with E-state index in [1.165, 1.54) is 0 Å². The molecule has 0 aliphatic rings. The highest BCUT2D eigenvalue weighted by atomic mass is 35.5. The number of ether oxygens (including phenoxy) is 1. The van der Waals surface area contributed by atoms with Gasteiger partial charge in [-0.15, -0.1) is 0 Å². The number of hydrogen-bond acceptors (Lipinski definition) is 4. The number of benzene rings is 3. The van der Waals surface area contributed by atoms with Crippen molar-refractivity contribution in [2.45, 2.75) is 6.92 Å². The largest absolute Gasteiger partial charge is 0.452 e.